The summed E-state index contributed by atoms with van der Waals surface area (Å²) < 4.78 is 5.20. The van der Waals surface area contributed by atoms with Crippen LogP contribution in [-0.2, 0) is 4.79 Å². The summed E-state index contributed by atoms with van der Waals surface area (Å²) >= 11 is 0. The van der Waals surface area contributed by atoms with Crippen molar-refractivity contribution in [2.45, 2.75) is 19.8 Å². The molecular weight excluding hydrogens is 192 g/mol. The van der Waals surface area contributed by atoms with Crippen LogP contribution < -0.4 is 10.1 Å². The molecule has 4 heteroatoms. The fourth-order valence-electron chi connectivity index (χ4n) is 1.28. The summed E-state index contributed by atoms with van der Waals surface area (Å²) in [4.78, 5) is 15.5. The number of nitrogens with one attached hydrogen (secondary N) is 1. The van der Waals surface area contributed by atoms with E-state index in [-0.39, 0.29) is 11.8 Å². The molecule has 4 nitrogen and oxygen atoms in total. The molecule has 1 aliphatic rings. The molecule has 0 spiro atoms. The molecule has 0 saturated heterocycles. The molecule has 1 fully saturated rings. The van der Waals surface area contributed by atoms with E-state index in [4.69, 9.17) is 4.74 Å². The Morgan fingerprint density at radius 3 is 2.93 bits per heavy atom. The van der Waals surface area contributed by atoms with Gasteiger partial charge < -0.3 is 10.1 Å². The summed E-state index contributed by atoms with van der Waals surface area (Å²) in [5.74, 6) is 0.902. The average Bonchev–Trinajstić information content (AvgIpc) is 3.04. The van der Waals surface area contributed by atoms with Crippen LogP contribution in [0.25, 0.3) is 0 Å². The third kappa shape index (κ3) is 2.68. The maximum atomic E-state index is 11.4. The Hall–Kier alpha value is -1.58. The van der Waals surface area contributed by atoms with Crippen LogP contribution in [0.1, 0.15) is 19.8 Å². The summed E-state index contributed by atoms with van der Waals surface area (Å²) in [7, 11) is 0. The molecule has 1 saturated carbocycles. The first kappa shape index (κ1) is 9.96. The highest BCUT2D eigenvalue weighted by Crippen LogP contribution is 2.30. The van der Waals surface area contributed by atoms with Gasteiger partial charge in [0, 0.05) is 12.0 Å². The highest BCUT2D eigenvalue weighted by atomic mass is 16.5. The lowest BCUT2D eigenvalue weighted by atomic mass is 10.3. The van der Waals surface area contributed by atoms with Crippen molar-refractivity contribution in [3.8, 4) is 5.88 Å². The third-order valence-corrected chi connectivity index (χ3v) is 2.24. The SMILES string of the molecule is CCOc1ccc(NC(=O)C2CC2)cn1. The fourth-order valence-corrected chi connectivity index (χ4v) is 1.28. The van der Waals surface area contributed by atoms with Gasteiger partial charge in [-0.3, -0.25) is 4.79 Å². The van der Waals surface area contributed by atoms with E-state index in [1.807, 2.05) is 6.92 Å². The van der Waals surface area contributed by atoms with Crippen molar-refractivity contribution in [1.82, 2.24) is 4.98 Å². The smallest absolute Gasteiger partial charge is 0.227 e. The molecule has 0 atom stereocenters. The Morgan fingerprint density at radius 1 is 1.60 bits per heavy atom. The lowest BCUT2D eigenvalue weighted by Crippen LogP contribution is -2.13. The summed E-state index contributed by atoms with van der Waals surface area (Å²) in [6.45, 7) is 2.51. The monoisotopic (exact) mass is 206 g/mol. The van der Waals surface area contributed by atoms with Crippen LogP contribution >= 0.6 is 0 Å². The van der Waals surface area contributed by atoms with Crippen molar-refractivity contribution < 1.29 is 9.53 Å². The van der Waals surface area contributed by atoms with Gasteiger partial charge in [-0.15, -0.1) is 0 Å². The number of hydrogen-bond acceptors (Lipinski definition) is 3. The second-order valence-corrected chi connectivity index (χ2v) is 3.58. The molecule has 0 aromatic carbocycles. The van der Waals surface area contributed by atoms with Crippen molar-refractivity contribution in [2.75, 3.05) is 11.9 Å². The van der Waals surface area contributed by atoms with E-state index in [0.29, 0.717) is 12.5 Å². The molecule has 1 heterocycles. The van der Waals surface area contributed by atoms with Gasteiger partial charge >= 0.3 is 0 Å². The molecule has 0 aliphatic heterocycles. The lowest BCUT2D eigenvalue weighted by Gasteiger charge is -2.05. The van der Waals surface area contributed by atoms with Crippen molar-refractivity contribution in [3.63, 3.8) is 0 Å². The topological polar surface area (TPSA) is 51.2 Å². The minimum atomic E-state index is 0.0981. The Balaban J connectivity index is 1.94. The van der Waals surface area contributed by atoms with E-state index in [9.17, 15) is 4.79 Å². The number of carbonyl (C=O) groups is 1. The summed E-state index contributed by atoms with van der Waals surface area (Å²) in [5, 5.41) is 2.82. The first-order valence-electron chi connectivity index (χ1n) is 5.19. The minimum Gasteiger partial charge on any atom is -0.478 e. The van der Waals surface area contributed by atoms with Crippen LogP contribution in [0.5, 0.6) is 5.88 Å². The van der Waals surface area contributed by atoms with Crippen molar-refractivity contribution in [3.05, 3.63) is 18.3 Å². The van der Waals surface area contributed by atoms with E-state index in [1.165, 1.54) is 0 Å². The zero-order valence-corrected chi connectivity index (χ0v) is 8.69. The van der Waals surface area contributed by atoms with Gasteiger partial charge in [-0.1, -0.05) is 0 Å². The molecule has 1 aromatic rings. The minimum absolute atomic E-state index is 0.0981. The highest BCUT2D eigenvalue weighted by Gasteiger charge is 2.29. The molecule has 1 aromatic heterocycles. The second-order valence-electron chi connectivity index (χ2n) is 3.58. The van der Waals surface area contributed by atoms with Gasteiger partial charge in [-0.05, 0) is 25.8 Å². The molecule has 1 N–H and O–H groups in total. The van der Waals surface area contributed by atoms with Crippen LogP contribution in [0.4, 0.5) is 5.69 Å². The van der Waals surface area contributed by atoms with Gasteiger partial charge in [-0.25, -0.2) is 4.98 Å². The average molecular weight is 206 g/mol. The van der Waals surface area contributed by atoms with Crippen LogP contribution in [0.3, 0.4) is 0 Å². The first-order chi connectivity index (χ1) is 7.29. The number of hydrogen-bond donors (Lipinski definition) is 1. The molecule has 1 amide bonds. The molecule has 15 heavy (non-hydrogen) atoms. The molecule has 1 aliphatic carbocycles. The number of amides is 1. The molecule has 0 bridgehead atoms. The van der Waals surface area contributed by atoms with E-state index in [2.05, 4.69) is 10.3 Å². The predicted octanol–water partition coefficient (Wildman–Crippen LogP) is 1.83. The number of carbonyl (C=O) groups excluding carboxylic acids is 1. The Bertz CT molecular complexity index is 344. The van der Waals surface area contributed by atoms with Gasteiger partial charge in [0.1, 0.15) is 0 Å². The van der Waals surface area contributed by atoms with E-state index < -0.39 is 0 Å². The zero-order valence-electron chi connectivity index (χ0n) is 8.69. The first-order valence-corrected chi connectivity index (χ1v) is 5.19. The van der Waals surface area contributed by atoms with E-state index in [1.54, 1.807) is 18.3 Å². The number of aromatic nitrogens is 1. The molecule has 0 radical (unpaired) electrons. The highest BCUT2D eigenvalue weighted by molar-refractivity contribution is 5.93. The fraction of sp³-hybridized carbons (Fsp3) is 0.455. The number of nitrogens with zero attached hydrogens (tertiary/aromatic N) is 1. The summed E-state index contributed by atoms with van der Waals surface area (Å²) in [6.07, 6.45) is 3.64. The Morgan fingerprint density at radius 2 is 2.40 bits per heavy atom. The normalized spacial score (nSPS) is 14.7. The van der Waals surface area contributed by atoms with Crippen LogP contribution in [0.2, 0.25) is 0 Å². The van der Waals surface area contributed by atoms with E-state index >= 15 is 0 Å². The van der Waals surface area contributed by atoms with Crippen molar-refractivity contribution in [2.24, 2.45) is 5.92 Å². The van der Waals surface area contributed by atoms with Gasteiger partial charge in [0.2, 0.25) is 11.8 Å². The van der Waals surface area contributed by atoms with Crippen LogP contribution in [-0.4, -0.2) is 17.5 Å². The third-order valence-electron chi connectivity index (χ3n) is 2.24. The van der Waals surface area contributed by atoms with Gasteiger partial charge in [-0.2, -0.15) is 0 Å². The van der Waals surface area contributed by atoms with Crippen LogP contribution in [0, 0.1) is 5.92 Å². The van der Waals surface area contributed by atoms with Gasteiger partial charge in [0.25, 0.3) is 0 Å². The number of anilines is 1. The second kappa shape index (κ2) is 4.29. The molecule has 2 rings (SSSR count). The maximum Gasteiger partial charge on any atom is 0.227 e. The molecule has 80 valence electrons. The summed E-state index contributed by atoms with van der Waals surface area (Å²) in [5.41, 5.74) is 0.732. The quantitative estimate of drug-likeness (QED) is 0.817. The predicted molar refractivity (Wildman–Crippen MR) is 56.8 cm³/mol. The molecular formula is C11H14N2O2. The number of rotatable bonds is 4. The van der Waals surface area contributed by atoms with Crippen molar-refractivity contribution in [1.29, 1.82) is 0 Å². The lowest BCUT2D eigenvalue weighted by molar-refractivity contribution is -0.117. The van der Waals surface area contributed by atoms with Crippen LogP contribution in [0.15, 0.2) is 18.3 Å². The zero-order chi connectivity index (χ0) is 10.7. The largest absolute Gasteiger partial charge is 0.478 e. The van der Waals surface area contributed by atoms with Gasteiger partial charge in [0.15, 0.2) is 0 Å². The Labute approximate surface area is 88.7 Å². The summed E-state index contributed by atoms with van der Waals surface area (Å²) in [6, 6.07) is 3.56. The number of ether oxygens (including phenoxy) is 1. The van der Waals surface area contributed by atoms with Crippen molar-refractivity contribution >= 4 is 11.6 Å². The Kier molecular flexibility index (Phi) is 2.85. The van der Waals surface area contributed by atoms with Gasteiger partial charge in [0.05, 0.1) is 18.5 Å². The number of pyridine rings is 1. The molecule has 0 unspecified atom stereocenters. The standard InChI is InChI=1S/C11H14N2O2/c1-2-15-10-6-5-9(7-12-10)13-11(14)8-3-4-8/h5-8H,2-4H2,1H3,(H,13,14). The maximum absolute atomic E-state index is 11.4. The van der Waals surface area contributed by atoms with E-state index in [0.717, 1.165) is 18.5 Å².